The van der Waals surface area contributed by atoms with Gasteiger partial charge in [-0.2, -0.15) is 0 Å². The van der Waals surface area contributed by atoms with Gasteiger partial charge < -0.3 is 9.47 Å². The molecular formula is C20H17FN2O5S. The lowest BCUT2D eigenvalue weighted by molar-refractivity contribution is 0.0981. The summed E-state index contributed by atoms with van der Waals surface area (Å²) in [5.74, 6) is -0.432. The van der Waals surface area contributed by atoms with E-state index in [1.165, 1.54) is 49.7 Å². The van der Waals surface area contributed by atoms with Gasteiger partial charge in [-0.25, -0.2) is 22.5 Å². The molecular weight excluding hydrogens is 399 g/mol. The van der Waals surface area contributed by atoms with Gasteiger partial charge in [0, 0.05) is 29.0 Å². The van der Waals surface area contributed by atoms with Crippen molar-refractivity contribution < 1.29 is 27.1 Å². The van der Waals surface area contributed by atoms with Gasteiger partial charge in [0.25, 0.3) is 5.91 Å². The van der Waals surface area contributed by atoms with Gasteiger partial charge in [0.05, 0.1) is 13.4 Å². The van der Waals surface area contributed by atoms with Crippen LogP contribution in [0.25, 0.3) is 11.1 Å². The fraction of sp³-hybridized carbons (Fsp3) is 0.100. The van der Waals surface area contributed by atoms with Gasteiger partial charge in [0.1, 0.15) is 17.3 Å². The lowest BCUT2D eigenvalue weighted by Crippen LogP contribution is -2.29. The molecule has 3 aromatic rings. The number of sulfonamides is 1. The molecule has 0 radical (unpaired) electrons. The summed E-state index contributed by atoms with van der Waals surface area (Å²) < 4.78 is 49.3. The van der Waals surface area contributed by atoms with Gasteiger partial charge in [-0.1, -0.05) is 6.07 Å². The lowest BCUT2D eigenvalue weighted by Gasteiger charge is -2.15. The molecule has 7 nitrogen and oxygen atoms in total. The number of benzene rings is 2. The second-order valence-electron chi connectivity index (χ2n) is 6.03. The molecule has 0 saturated carbocycles. The third kappa shape index (κ3) is 5.08. The van der Waals surface area contributed by atoms with E-state index in [1.807, 2.05) is 4.72 Å². The van der Waals surface area contributed by atoms with Crippen molar-refractivity contribution in [2.45, 2.75) is 0 Å². The molecule has 0 aliphatic heterocycles. The number of aromatic nitrogens is 1. The second-order valence-corrected chi connectivity index (χ2v) is 7.78. The van der Waals surface area contributed by atoms with E-state index in [0.717, 1.165) is 6.26 Å². The lowest BCUT2D eigenvalue weighted by atomic mass is 10.0. The number of carbonyl (C=O) groups is 1. The average molecular weight is 416 g/mol. The molecule has 0 spiro atoms. The smallest absolute Gasteiger partial charge is 0.264 e. The maximum absolute atomic E-state index is 13.5. The number of amides is 1. The summed E-state index contributed by atoms with van der Waals surface area (Å²) >= 11 is 0. The quantitative estimate of drug-likeness (QED) is 0.662. The van der Waals surface area contributed by atoms with E-state index in [0.29, 0.717) is 16.9 Å². The summed E-state index contributed by atoms with van der Waals surface area (Å²) in [6.45, 7) is 0. The molecule has 150 valence electrons. The fourth-order valence-corrected chi connectivity index (χ4v) is 3.07. The normalized spacial score (nSPS) is 11.0. The van der Waals surface area contributed by atoms with Crippen molar-refractivity contribution in [3.05, 3.63) is 72.2 Å². The molecule has 9 heteroatoms. The van der Waals surface area contributed by atoms with Crippen LogP contribution in [-0.2, 0) is 10.0 Å². The highest BCUT2D eigenvalue weighted by molar-refractivity contribution is 7.89. The molecule has 3 rings (SSSR count). The first-order valence-corrected chi connectivity index (χ1v) is 10.2. The van der Waals surface area contributed by atoms with Crippen LogP contribution in [0.5, 0.6) is 17.4 Å². The molecule has 0 fully saturated rings. The Bertz CT molecular complexity index is 1170. The van der Waals surface area contributed by atoms with Crippen molar-refractivity contribution in [1.82, 2.24) is 9.71 Å². The van der Waals surface area contributed by atoms with E-state index >= 15 is 0 Å². The van der Waals surface area contributed by atoms with Crippen LogP contribution in [0.2, 0.25) is 0 Å². The molecule has 0 aliphatic carbocycles. The minimum absolute atomic E-state index is 0.0860. The maximum Gasteiger partial charge on any atom is 0.264 e. The minimum atomic E-state index is -3.73. The molecule has 0 bridgehead atoms. The highest BCUT2D eigenvalue weighted by Crippen LogP contribution is 2.38. The largest absolute Gasteiger partial charge is 0.481 e. The number of carbonyl (C=O) groups excluding carboxylic acids is 1. The highest BCUT2D eigenvalue weighted by atomic mass is 32.2. The van der Waals surface area contributed by atoms with E-state index in [-0.39, 0.29) is 17.2 Å². The van der Waals surface area contributed by atoms with E-state index in [2.05, 4.69) is 4.98 Å². The number of nitrogens with one attached hydrogen (secondary N) is 1. The third-order valence-electron chi connectivity index (χ3n) is 3.80. The Balaban J connectivity index is 2.11. The predicted molar refractivity (Wildman–Crippen MR) is 105 cm³/mol. The maximum atomic E-state index is 13.5. The van der Waals surface area contributed by atoms with Gasteiger partial charge in [-0.15, -0.1) is 0 Å². The van der Waals surface area contributed by atoms with Crippen LogP contribution in [0, 0.1) is 5.82 Å². The SMILES string of the molecule is COc1ncccc1-c1cc(C(=O)NS(C)(=O)=O)ccc1Oc1cccc(F)c1. The monoisotopic (exact) mass is 416 g/mol. The van der Waals surface area contributed by atoms with Crippen molar-refractivity contribution >= 4 is 15.9 Å². The Kier molecular flexibility index (Phi) is 5.79. The summed E-state index contributed by atoms with van der Waals surface area (Å²) in [4.78, 5) is 16.4. The number of halogens is 1. The summed E-state index contributed by atoms with van der Waals surface area (Å²) in [6.07, 6.45) is 2.42. The first-order valence-electron chi connectivity index (χ1n) is 8.36. The fourth-order valence-electron chi connectivity index (χ4n) is 2.61. The van der Waals surface area contributed by atoms with Crippen LogP contribution in [0.3, 0.4) is 0 Å². The van der Waals surface area contributed by atoms with Gasteiger partial charge in [-0.3, -0.25) is 4.79 Å². The van der Waals surface area contributed by atoms with Crippen molar-refractivity contribution in [2.75, 3.05) is 13.4 Å². The zero-order valence-corrected chi connectivity index (χ0v) is 16.4. The minimum Gasteiger partial charge on any atom is -0.481 e. The number of methoxy groups -OCH3 is 1. The second kappa shape index (κ2) is 8.27. The number of hydrogen-bond donors (Lipinski definition) is 1. The van der Waals surface area contributed by atoms with Gasteiger partial charge >= 0.3 is 0 Å². The van der Waals surface area contributed by atoms with Crippen LogP contribution in [-0.4, -0.2) is 32.7 Å². The molecule has 0 saturated heterocycles. The number of hydrogen-bond acceptors (Lipinski definition) is 6. The Hall–Kier alpha value is -3.46. The Morgan fingerprint density at radius 2 is 1.86 bits per heavy atom. The topological polar surface area (TPSA) is 94.6 Å². The molecule has 1 N–H and O–H groups in total. The highest BCUT2D eigenvalue weighted by Gasteiger charge is 2.18. The molecule has 29 heavy (non-hydrogen) atoms. The van der Waals surface area contributed by atoms with E-state index in [9.17, 15) is 17.6 Å². The molecule has 1 aromatic heterocycles. The van der Waals surface area contributed by atoms with Gasteiger partial charge in [0.2, 0.25) is 15.9 Å². The number of nitrogens with zero attached hydrogens (tertiary/aromatic N) is 1. The summed E-state index contributed by atoms with van der Waals surface area (Å²) in [7, 11) is -2.29. The zero-order valence-electron chi connectivity index (χ0n) is 15.5. The van der Waals surface area contributed by atoms with Crippen molar-refractivity contribution in [3.63, 3.8) is 0 Å². The van der Waals surface area contributed by atoms with Gasteiger partial charge in [0.15, 0.2) is 0 Å². The Morgan fingerprint density at radius 1 is 1.07 bits per heavy atom. The Morgan fingerprint density at radius 3 is 2.55 bits per heavy atom. The van der Waals surface area contributed by atoms with Crippen LogP contribution in [0.4, 0.5) is 4.39 Å². The van der Waals surface area contributed by atoms with Crippen LogP contribution in [0.15, 0.2) is 60.8 Å². The number of pyridine rings is 1. The van der Waals surface area contributed by atoms with Crippen molar-refractivity contribution in [1.29, 1.82) is 0 Å². The summed E-state index contributed by atoms with van der Waals surface area (Å²) in [6, 6.07) is 13.3. The molecule has 1 heterocycles. The van der Waals surface area contributed by atoms with Crippen molar-refractivity contribution in [3.8, 4) is 28.5 Å². The Labute approximate surface area is 167 Å². The zero-order chi connectivity index (χ0) is 21.0. The van der Waals surface area contributed by atoms with E-state index in [4.69, 9.17) is 9.47 Å². The molecule has 0 unspecified atom stereocenters. The molecule has 1 amide bonds. The van der Waals surface area contributed by atoms with Crippen LogP contribution in [0.1, 0.15) is 10.4 Å². The van der Waals surface area contributed by atoms with Crippen LogP contribution >= 0.6 is 0 Å². The number of rotatable bonds is 6. The van der Waals surface area contributed by atoms with E-state index < -0.39 is 21.7 Å². The van der Waals surface area contributed by atoms with Crippen LogP contribution < -0.4 is 14.2 Å². The molecule has 2 aromatic carbocycles. The molecule has 0 atom stereocenters. The van der Waals surface area contributed by atoms with Gasteiger partial charge in [-0.05, 0) is 42.5 Å². The molecule has 0 aliphatic rings. The first kappa shape index (κ1) is 20.3. The standard InChI is InChI=1S/C20H17FN2O5S/c1-27-20-16(7-4-10-22-20)17-11-13(19(24)23-29(2,25)26)8-9-18(17)28-15-6-3-5-14(21)12-15/h3-12H,1-2H3,(H,23,24). The summed E-state index contributed by atoms with van der Waals surface area (Å²) in [5, 5.41) is 0. The third-order valence-corrected chi connectivity index (χ3v) is 4.35. The number of ether oxygens (including phenoxy) is 2. The average Bonchev–Trinajstić information content (AvgIpc) is 2.67. The van der Waals surface area contributed by atoms with Crippen molar-refractivity contribution in [2.24, 2.45) is 0 Å². The predicted octanol–water partition coefficient (Wildman–Crippen LogP) is 3.38. The summed E-state index contributed by atoms with van der Waals surface area (Å²) in [5.41, 5.74) is 1.01. The van der Waals surface area contributed by atoms with E-state index in [1.54, 1.807) is 18.2 Å². The first-order chi connectivity index (χ1) is 13.8.